The minimum Gasteiger partial charge on any atom is -0.396 e. The normalized spacial score (nSPS) is 41.6. The van der Waals surface area contributed by atoms with Crippen molar-refractivity contribution in [1.82, 2.24) is 0 Å². The lowest BCUT2D eigenvalue weighted by Crippen LogP contribution is -2.52. The topological polar surface area (TPSA) is 40.5 Å². The zero-order chi connectivity index (χ0) is 16.6. The number of rotatable bonds is 5. The Balaban J connectivity index is 2.24. The number of aliphatic hydroxyl groups is 2. The predicted molar refractivity (Wildman–Crippen MR) is 92.6 cm³/mol. The zero-order valence-corrected chi connectivity index (χ0v) is 14.7. The van der Waals surface area contributed by atoms with Gasteiger partial charge in [0, 0.05) is 6.61 Å². The van der Waals surface area contributed by atoms with E-state index in [0.29, 0.717) is 11.8 Å². The first-order valence-electron chi connectivity index (χ1n) is 8.83. The summed E-state index contributed by atoms with van der Waals surface area (Å²) in [5.74, 6) is 1.01. The van der Waals surface area contributed by atoms with Crippen LogP contribution in [0, 0.1) is 22.7 Å². The lowest BCUT2D eigenvalue weighted by Gasteiger charge is -2.58. The molecule has 2 saturated carbocycles. The highest BCUT2D eigenvalue weighted by molar-refractivity contribution is 5.16. The molecular formula is C20H34O2. The molecule has 0 aromatic heterocycles. The number of hydrogen-bond donors (Lipinski definition) is 2. The van der Waals surface area contributed by atoms with Crippen molar-refractivity contribution in [1.29, 1.82) is 0 Å². The van der Waals surface area contributed by atoms with E-state index in [-0.39, 0.29) is 17.4 Å². The van der Waals surface area contributed by atoms with Crippen molar-refractivity contribution in [3.8, 4) is 0 Å². The Morgan fingerprint density at radius 3 is 2.64 bits per heavy atom. The first-order chi connectivity index (χ1) is 10.2. The average Bonchev–Trinajstić information content (AvgIpc) is 2.46. The summed E-state index contributed by atoms with van der Waals surface area (Å²) in [5, 5.41) is 20.3. The van der Waals surface area contributed by atoms with E-state index in [0.717, 1.165) is 32.1 Å². The zero-order valence-electron chi connectivity index (χ0n) is 14.7. The highest BCUT2D eigenvalue weighted by atomic mass is 16.3. The van der Waals surface area contributed by atoms with E-state index in [1.165, 1.54) is 18.4 Å². The molecule has 0 aromatic rings. The third kappa shape index (κ3) is 3.05. The van der Waals surface area contributed by atoms with Crippen LogP contribution in [0.2, 0.25) is 0 Å². The van der Waals surface area contributed by atoms with Gasteiger partial charge in [0.15, 0.2) is 0 Å². The lowest BCUT2D eigenvalue weighted by atomic mass is 9.46. The van der Waals surface area contributed by atoms with E-state index in [9.17, 15) is 10.2 Å². The van der Waals surface area contributed by atoms with Crippen LogP contribution in [-0.4, -0.2) is 22.4 Å². The van der Waals surface area contributed by atoms with Crippen LogP contribution < -0.4 is 0 Å². The minimum absolute atomic E-state index is 0.0485. The molecular weight excluding hydrogens is 272 g/mol. The maximum absolute atomic E-state index is 10.3. The van der Waals surface area contributed by atoms with Crippen LogP contribution in [0.3, 0.4) is 0 Å². The van der Waals surface area contributed by atoms with E-state index in [4.69, 9.17) is 0 Å². The van der Waals surface area contributed by atoms with Gasteiger partial charge in [-0.1, -0.05) is 38.5 Å². The summed E-state index contributed by atoms with van der Waals surface area (Å²) in [5.41, 5.74) is 0.814. The van der Waals surface area contributed by atoms with E-state index < -0.39 is 5.60 Å². The molecule has 5 atom stereocenters. The van der Waals surface area contributed by atoms with E-state index in [1.54, 1.807) is 6.08 Å². The second kappa shape index (κ2) is 6.13. The van der Waals surface area contributed by atoms with E-state index in [2.05, 4.69) is 27.0 Å². The first kappa shape index (κ1) is 17.7. The van der Waals surface area contributed by atoms with Crippen LogP contribution in [0.15, 0.2) is 24.8 Å². The highest BCUT2D eigenvalue weighted by Crippen LogP contribution is 2.61. The van der Waals surface area contributed by atoms with Crippen LogP contribution in [0.25, 0.3) is 0 Å². The fraction of sp³-hybridized carbons (Fsp3) is 0.800. The van der Waals surface area contributed by atoms with Crippen molar-refractivity contribution in [2.45, 2.75) is 71.3 Å². The van der Waals surface area contributed by atoms with Crippen LogP contribution >= 0.6 is 0 Å². The van der Waals surface area contributed by atoms with Crippen LogP contribution in [0.4, 0.5) is 0 Å². The molecule has 0 spiro atoms. The van der Waals surface area contributed by atoms with Crippen LogP contribution in [0.5, 0.6) is 0 Å². The summed E-state index contributed by atoms with van der Waals surface area (Å²) >= 11 is 0. The molecule has 2 rings (SSSR count). The third-order valence-electron chi connectivity index (χ3n) is 6.88. The van der Waals surface area contributed by atoms with E-state index >= 15 is 0 Å². The molecule has 0 aliphatic heterocycles. The molecule has 2 aliphatic carbocycles. The van der Waals surface area contributed by atoms with E-state index in [1.807, 2.05) is 6.92 Å². The average molecular weight is 306 g/mol. The summed E-state index contributed by atoms with van der Waals surface area (Å²) < 4.78 is 0. The lowest BCUT2D eigenvalue weighted by molar-refractivity contribution is -0.0885. The van der Waals surface area contributed by atoms with Crippen molar-refractivity contribution in [2.24, 2.45) is 22.7 Å². The van der Waals surface area contributed by atoms with Gasteiger partial charge in [-0.25, -0.2) is 0 Å². The van der Waals surface area contributed by atoms with Gasteiger partial charge in [-0.05, 0) is 68.1 Å². The largest absolute Gasteiger partial charge is 0.396 e. The number of hydrogen-bond acceptors (Lipinski definition) is 2. The maximum atomic E-state index is 10.3. The molecule has 0 aromatic carbocycles. The van der Waals surface area contributed by atoms with Crippen LogP contribution in [0.1, 0.15) is 65.7 Å². The van der Waals surface area contributed by atoms with Crippen molar-refractivity contribution in [3.05, 3.63) is 24.8 Å². The van der Waals surface area contributed by atoms with Gasteiger partial charge in [0.2, 0.25) is 0 Å². The molecule has 2 aliphatic rings. The van der Waals surface area contributed by atoms with Gasteiger partial charge >= 0.3 is 0 Å². The molecule has 126 valence electrons. The Morgan fingerprint density at radius 2 is 2.05 bits per heavy atom. The summed E-state index contributed by atoms with van der Waals surface area (Å²) in [6, 6.07) is 0. The summed E-state index contributed by atoms with van der Waals surface area (Å²) in [6.45, 7) is 14.9. The fourth-order valence-electron chi connectivity index (χ4n) is 5.34. The predicted octanol–water partition coefficient (Wildman–Crippen LogP) is 4.47. The fourth-order valence-corrected chi connectivity index (χ4v) is 5.34. The van der Waals surface area contributed by atoms with Crippen molar-refractivity contribution in [2.75, 3.05) is 6.61 Å². The van der Waals surface area contributed by atoms with Crippen molar-refractivity contribution < 1.29 is 10.2 Å². The van der Waals surface area contributed by atoms with Gasteiger partial charge in [-0.3, -0.25) is 0 Å². The Morgan fingerprint density at radius 1 is 1.36 bits per heavy atom. The molecule has 0 bridgehead atoms. The number of aliphatic hydroxyl groups excluding tert-OH is 1. The molecule has 2 nitrogen and oxygen atoms in total. The number of allylic oxidation sites excluding steroid dienone is 1. The second-order valence-electron chi connectivity index (χ2n) is 8.57. The molecule has 0 saturated heterocycles. The quantitative estimate of drug-likeness (QED) is 0.735. The molecule has 0 radical (unpaired) electrons. The van der Waals surface area contributed by atoms with Gasteiger partial charge in [0.25, 0.3) is 0 Å². The standard InChI is InChI=1S/C20H34O2/c1-6-19(4,22)13-10-16-15(2)8-9-17-18(3,14-21)11-7-12-20(16,17)5/h6,16-17,21-22H,1-2,7-14H2,3-5H3/t16-,17+,18+,19+,20-/m0/s1. The number of fused-ring (bicyclic) bond motifs is 1. The molecule has 2 heteroatoms. The molecule has 2 N–H and O–H groups in total. The smallest absolute Gasteiger partial charge is 0.0797 e. The third-order valence-corrected chi connectivity index (χ3v) is 6.88. The molecule has 22 heavy (non-hydrogen) atoms. The Bertz CT molecular complexity index is 439. The second-order valence-corrected chi connectivity index (χ2v) is 8.57. The molecule has 0 amide bonds. The molecule has 0 unspecified atom stereocenters. The maximum Gasteiger partial charge on any atom is 0.0797 e. The molecule has 0 heterocycles. The minimum atomic E-state index is -0.793. The highest BCUT2D eigenvalue weighted by Gasteiger charge is 2.54. The monoisotopic (exact) mass is 306 g/mol. The van der Waals surface area contributed by atoms with Crippen molar-refractivity contribution in [3.63, 3.8) is 0 Å². The SMILES string of the molecule is C=C[C@@](C)(O)CC[C@H]1C(=C)CC[C@@H]2[C@@](C)(CO)CCC[C@]21C. The van der Waals surface area contributed by atoms with Gasteiger partial charge in [-0.15, -0.1) is 6.58 Å². The van der Waals surface area contributed by atoms with Gasteiger partial charge in [0.05, 0.1) is 5.60 Å². The molecule has 2 fully saturated rings. The summed E-state index contributed by atoms with van der Waals surface area (Å²) in [7, 11) is 0. The van der Waals surface area contributed by atoms with Gasteiger partial charge < -0.3 is 10.2 Å². The van der Waals surface area contributed by atoms with Crippen LogP contribution in [-0.2, 0) is 0 Å². The van der Waals surface area contributed by atoms with Gasteiger partial charge in [0.1, 0.15) is 0 Å². The Labute approximate surface area is 136 Å². The summed E-state index contributed by atoms with van der Waals surface area (Å²) in [6.07, 6.45) is 9.10. The Hall–Kier alpha value is -0.600. The first-order valence-corrected chi connectivity index (χ1v) is 8.83. The summed E-state index contributed by atoms with van der Waals surface area (Å²) in [4.78, 5) is 0. The Kier molecular flexibility index (Phi) is 4.94. The van der Waals surface area contributed by atoms with Crippen molar-refractivity contribution >= 4 is 0 Å². The van der Waals surface area contributed by atoms with Gasteiger partial charge in [-0.2, -0.15) is 0 Å².